The van der Waals surface area contributed by atoms with Gasteiger partial charge in [-0.3, -0.25) is 0 Å². The lowest BCUT2D eigenvalue weighted by atomic mass is 9.83. The molecule has 0 spiro atoms. The maximum atomic E-state index is 15.1. The van der Waals surface area contributed by atoms with Gasteiger partial charge in [0.05, 0.1) is 5.02 Å². The number of nitrogens with two attached hydrogens (primary N) is 1. The third-order valence-electron chi connectivity index (χ3n) is 3.84. The molecule has 1 aromatic heterocycles. The third-order valence-corrected chi connectivity index (χ3v) is 4.05. The van der Waals surface area contributed by atoms with E-state index in [0.717, 1.165) is 12.8 Å². The second kappa shape index (κ2) is 3.82. The highest BCUT2D eigenvalue weighted by Crippen LogP contribution is 2.45. The summed E-state index contributed by atoms with van der Waals surface area (Å²) >= 11 is 5.89. The van der Waals surface area contributed by atoms with Gasteiger partial charge in [0, 0.05) is 36.7 Å². The highest BCUT2D eigenvalue weighted by Gasteiger charge is 2.46. The second-order valence-electron chi connectivity index (χ2n) is 5.10. The molecule has 0 radical (unpaired) electrons. The van der Waals surface area contributed by atoms with E-state index < -0.39 is 5.67 Å². The number of rotatable bonds is 1. The summed E-state index contributed by atoms with van der Waals surface area (Å²) in [6, 6.07) is 2.14. The Morgan fingerprint density at radius 1 is 1.41 bits per heavy atom. The molecule has 3 N–H and O–H groups in total. The number of nitrogen functional groups attached to an aromatic ring is 1. The first-order valence-corrected chi connectivity index (χ1v) is 6.31. The second-order valence-corrected chi connectivity index (χ2v) is 5.53. The molecule has 0 amide bonds. The van der Waals surface area contributed by atoms with Gasteiger partial charge in [-0.25, -0.2) is 9.37 Å². The SMILES string of the molecule is Nc1ncc(Cl)cc1C1(F)CC2CCC(C1)N2. The van der Waals surface area contributed by atoms with Crippen molar-refractivity contribution < 1.29 is 4.39 Å². The van der Waals surface area contributed by atoms with Crippen LogP contribution < -0.4 is 11.1 Å². The van der Waals surface area contributed by atoms with Crippen molar-refractivity contribution in [1.82, 2.24) is 10.3 Å². The Morgan fingerprint density at radius 3 is 2.71 bits per heavy atom. The highest BCUT2D eigenvalue weighted by atomic mass is 35.5. The van der Waals surface area contributed by atoms with Crippen molar-refractivity contribution in [2.75, 3.05) is 5.73 Å². The first-order chi connectivity index (χ1) is 8.07. The quantitative estimate of drug-likeness (QED) is 0.810. The van der Waals surface area contributed by atoms with Crippen molar-refractivity contribution in [3.05, 3.63) is 22.8 Å². The normalized spacial score (nSPS) is 36.1. The maximum absolute atomic E-state index is 15.1. The number of hydrogen-bond donors (Lipinski definition) is 2. The van der Waals surface area contributed by atoms with Crippen LogP contribution in [0.1, 0.15) is 31.2 Å². The number of alkyl halides is 1. The molecule has 2 unspecified atom stereocenters. The molecule has 3 rings (SSSR count). The predicted octanol–water partition coefficient (Wildman–Crippen LogP) is 2.40. The van der Waals surface area contributed by atoms with E-state index in [4.69, 9.17) is 17.3 Å². The largest absolute Gasteiger partial charge is 0.383 e. The van der Waals surface area contributed by atoms with Crippen molar-refractivity contribution in [2.45, 2.75) is 43.4 Å². The molecule has 1 aromatic rings. The van der Waals surface area contributed by atoms with E-state index in [1.807, 2.05) is 0 Å². The van der Waals surface area contributed by atoms with Crippen LogP contribution in [-0.2, 0) is 5.67 Å². The smallest absolute Gasteiger partial charge is 0.142 e. The van der Waals surface area contributed by atoms with Gasteiger partial charge in [-0.2, -0.15) is 0 Å². The fourth-order valence-electron chi connectivity index (χ4n) is 3.12. The number of fused-ring (bicyclic) bond motifs is 2. The molecule has 2 aliphatic heterocycles. The predicted molar refractivity (Wildman–Crippen MR) is 65.6 cm³/mol. The van der Waals surface area contributed by atoms with Gasteiger partial charge in [0.2, 0.25) is 0 Å². The van der Waals surface area contributed by atoms with E-state index in [1.165, 1.54) is 6.20 Å². The number of aromatic nitrogens is 1. The minimum atomic E-state index is -1.38. The van der Waals surface area contributed by atoms with Gasteiger partial charge in [-0.1, -0.05) is 11.6 Å². The maximum Gasteiger partial charge on any atom is 0.142 e. The summed E-state index contributed by atoms with van der Waals surface area (Å²) in [5.41, 5.74) is 4.87. The van der Waals surface area contributed by atoms with Gasteiger partial charge >= 0.3 is 0 Å². The Labute approximate surface area is 105 Å². The van der Waals surface area contributed by atoms with Crippen molar-refractivity contribution >= 4 is 17.4 Å². The zero-order chi connectivity index (χ0) is 12.0. The van der Waals surface area contributed by atoms with Gasteiger partial charge in [-0.05, 0) is 18.9 Å². The average molecular weight is 256 g/mol. The highest BCUT2D eigenvalue weighted by molar-refractivity contribution is 6.30. The third kappa shape index (κ3) is 1.89. The summed E-state index contributed by atoms with van der Waals surface area (Å²) in [7, 11) is 0. The van der Waals surface area contributed by atoms with Crippen molar-refractivity contribution in [3.63, 3.8) is 0 Å². The van der Waals surface area contributed by atoms with Gasteiger partial charge in [-0.15, -0.1) is 0 Å². The van der Waals surface area contributed by atoms with Crippen LogP contribution in [0.15, 0.2) is 12.3 Å². The van der Waals surface area contributed by atoms with Crippen LogP contribution in [-0.4, -0.2) is 17.1 Å². The zero-order valence-corrected chi connectivity index (χ0v) is 10.2. The Kier molecular flexibility index (Phi) is 2.52. The summed E-state index contributed by atoms with van der Waals surface area (Å²) in [6.45, 7) is 0. The molecule has 17 heavy (non-hydrogen) atoms. The number of piperidine rings is 1. The van der Waals surface area contributed by atoms with Crippen LogP contribution >= 0.6 is 11.6 Å². The minimum absolute atomic E-state index is 0.261. The fraction of sp³-hybridized carbons (Fsp3) is 0.583. The molecule has 0 aliphatic carbocycles. The monoisotopic (exact) mass is 255 g/mol. The van der Waals surface area contributed by atoms with Crippen LogP contribution in [0.5, 0.6) is 0 Å². The van der Waals surface area contributed by atoms with Crippen LogP contribution in [0.2, 0.25) is 5.02 Å². The van der Waals surface area contributed by atoms with E-state index in [2.05, 4.69) is 10.3 Å². The van der Waals surface area contributed by atoms with E-state index in [1.54, 1.807) is 6.07 Å². The van der Waals surface area contributed by atoms with Gasteiger partial charge < -0.3 is 11.1 Å². The van der Waals surface area contributed by atoms with E-state index >= 15 is 4.39 Å². The summed E-state index contributed by atoms with van der Waals surface area (Å²) in [5, 5.41) is 3.86. The standard InChI is InChI=1S/C12H15ClFN3/c13-7-3-10(11(15)16-6-7)12(14)4-8-1-2-9(5-12)17-8/h3,6,8-9,17H,1-2,4-5H2,(H2,15,16). The molecular weight excluding hydrogens is 241 g/mol. The van der Waals surface area contributed by atoms with Crippen molar-refractivity contribution in [2.24, 2.45) is 0 Å². The number of pyridine rings is 1. The molecular formula is C12H15ClFN3. The fourth-order valence-corrected chi connectivity index (χ4v) is 3.28. The van der Waals surface area contributed by atoms with Crippen LogP contribution in [0.4, 0.5) is 10.2 Å². The Hall–Kier alpha value is -0.870. The van der Waals surface area contributed by atoms with Crippen LogP contribution in [0.25, 0.3) is 0 Å². The molecule has 0 saturated carbocycles. The van der Waals surface area contributed by atoms with Gasteiger partial charge in [0.15, 0.2) is 0 Å². The molecule has 92 valence electrons. The van der Waals surface area contributed by atoms with Crippen molar-refractivity contribution in [3.8, 4) is 0 Å². The summed E-state index contributed by atoms with van der Waals surface area (Å²) < 4.78 is 15.1. The average Bonchev–Trinajstić information content (AvgIpc) is 2.62. The van der Waals surface area contributed by atoms with E-state index in [0.29, 0.717) is 23.4 Å². The number of nitrogens with zero attached hydrogens (tertiary/aromatic N) is 1. The molecule has 5 heteroatoms. The number of anilines is 1. The lowest BCUT2D eigenvalue weighted by Crippen LogP contribution is -2.44. The lowest BCUT2D eigenvalue weighted by molar-refractivity contribution is 0.0879. The Bertz CT molecular complexity index is 439. The molecule has 2 saturated heterocycles. The van der Waals surface area contributed by atoms with Crippen molar-refractivity contribution in [1.29, 1.82) is 0 Å². The minimum Gasteiger partial charge on any atom is -0.383 e. The first kappa shape index (κ1) is 11.2. The Balaban J connectivity index is 1.99. The lowest BCUT2D eigenvalue weighted by Gasteiger charge is -2.35. The zero-order valence-electron chi connectivity index (χ0n) is 9.42. The van der Waals surface area contributed by atoms with Crippen LogP contribution in [0.3, 0.4) is 0 Å². The number of halogens is 2. The molecule has 2 atom stereocenters. The topological polar surface area (TPSA) is 50.9 Å². The van der Waals surface area contributed by atoms with Gasteiger partial charge in [0.1, 0.15) is 11.5 Å². The van der Waals surface area contributed by atoms with Gasteiger partial charge in [0.25, 0.3) is 0 Å². The summed E-state index contributed by atoms with van der Waals surface area (Å²) in [4.78, 5) is 3.95. The molecule has 2 bridgehead atoms. The van der Waals surface area contributed by atoms with E-state index in [-0.39, 0.29) is 17.9 Å². The number of hydrogen-bond acceptors (Lipinski definition) is 3. The molecule has 3 heterocycles. The first-order valence-electron chi connectivity index (χ1n) is 5.93. The molecule has 0 aromatic carbocycles. The molecule has 2 aliphatic rings. The number of nitrogens with one attached hydrogen (secondary N) is 1. The molecule has 3 nitrogen and oxygen atoms in total. The summed E-state index contributed by atoms with van der Waals surface area (Å²) in [5.74, 6) is 0.262. The Morgan fingerprint density at radius 2 is 2.06 bits per heavy atom. The van der Waals surface area contributed by atoms with E-state index in [9.17, 15) is 0 Å². The summed E-state index contributed by atoms with van der Waals surface area (Å²) in [6.07, 6.45) is 4.49. The van der Waals surface area contributed by atoms with Crippen LogP contribution in [0, 0.1) is 0 Å². The molecule has 2 fully saturated rings.